The maximum atomic E-state index is 11.7. The Morgan fingerprint density at radius 2 is 1.89 bits per heavy atom. The highest BCUT2D eigenvalue weighted by molar-refractivity contribution is 7.89. The van der Waals surface area contributed by atoms with Gasteiger partial charge in [-0.05, 0) is 12.0 Å². The number of nitrogens with zero attached hydrogens (tertiary/aromatic N) is 1. The van der Waals surface area contributed by atoms with Crippen LogP contribution in [0, 0.1) is 0 Å². The van der Waals surface area contributed by atoms with Crippen LogP contribution < -0.4 is 0 Å². The number of ether oxygens (including phenoxy) is 1. The van der Waals surface area contributed by atoms with E-state index in [1.165, 1.54) is 18.5 Å². The lowest BCUT2D eigenvalue weighted by Crippen LogP contribution is -2.34. The van der Waals surface area contributed by atoms with Crippen molar-refractivity contribution in [2.75, 3.05) is 26.5 Å². The Hall–Kier alpha value is -1.40. The van der Waals surface area contributed by atoms with E-state index < -0.39 is 21.7 Å². The number of methoxy groups -OCH3 is 1. The predicted molar refractivity (Wildman–Crippen MR) is 68.6 cm³/mol. The SMILES string of the molecule is COC(=O)CS(=O)(=O)N(C)CCc1ccccc1. The van der Waals surface area contributed by atoms with Crippen LogP contribution in [0.1, 0.15) is 5.56 Å². The van der Waals surface area contributed by atoms with E-state index in [0.717, 1.165) is 5.56 Å². The van der Waals surface area contributed by atoms with Crippen molar-refractivity contribution in [2.24, 2.45) is 0 Å². The third-order valence-electron chi connectivity index (χ3n) is 2.56. The Morgan fingerprint density at radius 1 is 1.28 bits per heavy atom. The second-order valence-electron chi connectivity index (χ2n) is 3.89. The van der Waals surface area contributed by atoms with E-state index in [0.29, 0.717) is 13.0 Å². The lowest BCUT2D eigenvalue weighted by molar-refractivity contribution is -0.137. The first-order valence-electron chi connectivity index (χ1n) is 5.50. The Balaban J connectivity index is 2.55. The number of carbonyl (C=O) groups is 1. The average Bonchev–Trinajstić information content (AvgIpc) is 2.36. The zero-order valence-electron chi connectivity index (χ0n) is 10.5. The Kier molecular flexibility index (Phi) is 5.30. The van der Waals surface area contributed by atoms with Crippen LogP contribution in [0.25, 0.3) is 0 Å². The minimum atomic E-state index is -3.58. The predicted octanol–water partition coefficient (Wildman–Crippen LogP) is 0.664. The van der Waals surface area contributed by atoms with Crippen LogP contribution in [0.3, 0.4) is 0 Å². The summed E-state index contributed by atoms with van der Waals surface area (Å²) in [5, 5.41) is 0. The van der Waals surface area contributed by atoms with Gasteiger partial charge in [-0.3, -0.25) is 4.79 Å². The number of likely N-dealkylation sites (N-methyl/N-ethyl adjacent to an activating group) is 1. The van der Waals surface area contributed by atoms with E-state index in [1.807, 2.05) is 30.3 Å². The molecule has 0 atom stereocenters. The lowest BCUT2D eigenvalue weighted by atomic mass is 10.2. The number of hydrogen-bond acceptors (Lipinski definition) is 4. The molecule has 0 aliphatic heterocycles. The van der Waals surface area contributed by atoms with Gasteiger partial charge in [-0.25, -0.2) is 12.7 Å². The molecule has 0 saturated heterocycles. The zero-order chi connectivity index (χ0) is 13.6. The molecule has 100 valence electrons. The molecule has 5 nitrogen and oxygen atoms in total. The molecule has 0 fully saturated rings. The fourth-order valence-corrected chi connectivity index (χ4v) is 2.39. The van der Waals surface area contributed by atoms with Gasteiger partial charge in [-0.2, -0.15) is 0 Å². The first kappa shape index (κ1) is 14.7. The molecular formula is C12H17NO4S. The zero-order valence-corrected chi connectivity index (χ0v) is 11.3. The summed E-state index contributed by atoms with van der Waals surface area (Å²) in [6.45, 7) is 0.337. The van der Waals surface area contributed by atoms with Crippen molar-refractivity contribution in [3.63, 3.8) is 0 Å². The first-order chi connectivity index (χ1) is 8.45. The summed E-state index contributed by atoms with van der Waals surface area (Å²) in [4.78, 5) is 11.0. The number of esters is 1. The number of benzene rings is 1. The summed E-state index contributed by atoms with van der Waals surface area (Å²) in [6.07, 6.45) is 0.609. The van der Waals surface area contributed by atoms with Gasteiger partial charge in [0.1, 0.15) is 0 Å². The molecule has 0 spiro atoms. The second kappa shape index (κ2) is 6.51. The third kappa shape index (κ3) is 4.46. The topological polar surface area (TPSA) is 63.7 Å². The van der Waals surface area contributed by atoms with E-state index in [2.05, 4.69) is 4.74 Å². The van der Waals surface area contributed by atoms with Gasteiger partial charge in [0.25, 0.3) is 0 Å². The number of sulfonamides is 1. The second-order valence-corrected chi connectivity index (χ2v) is 5.97. The fraction of sp³-hybridized carbons (Fsp3) is 0.417. The van der Waals surface area contributed by atoms with Crippen LogP contribution >= 0.6 is 0 Å². The van der Waals surface area contributed by atoms with Crippen molar-refractivity contribution in [2.45, 2.75) is 6.42 Å². The number of hydrogen-bond donors (Lipinski definition) is 0. The van der Waals surface area contributed by atoms with E-state index >= 15 is 0 Å². The highest BCUT2D eigenvalue weighted by Crippen LogP contribution is 2.04. The maximum Gasteiger partial charge on any atom is 0.322 e. The van der Waals surface area contributed by atoms with Crippen LogP contribution in [0.5, 0.6) is 0 Å². The third-order valence-corrected chi connectivity index (χ3v) is 4.29. The molecule has 0 heterocycles. The van der Waals surface area contributed by atoms with Crippen molar-refractivity contribution in [3.8, 4) is 0 Å². The molecule has 1 aromatic carbocycles. The van der Waals surface area contributed by atoms with Crippen LogP contribution in [-0.2, 0) is 26.0 Å². The van der Waals surface area contributed by atoms with Gasteiger partial charge in [0.15, 0.2) is 5.75 Å². The van der Waals surface area contributed by atoms with Crippen LogP contribution in [0.4, 0.5) is 0 Å². The largest absolute Gasteiger partial charge is 0.468 e. The minimum absolute atomic E-state index is 0.337. The molecule has 0 aliphatic carbocycles. The quantitative estimate of drug-likeness (QED) is 0.713. The lowest BCUT2D eigenvalue weighted by Gasteiger charge is -2.16. The highest BCUT2D eigenvalue weighted by Gasteiger charge is 2.22. The Labute approximate surface area is 107 Å². The molecule has 0 unspecified atom stereocenters. The van der Waals surface area contributed by atoms with E-state index in [-0.39, 0.29) is 0 Å². The van der Waals surface area contributed by atoms with Crippen LogP contribution in [0.15, 0.2) is 30.3 Å². The molecule has 0 bridgehead atoms. The number of rotatable bonds is 6. The molecule has 18 heavy (non-hydrogen) atoms. The minimum Gasteiger partial charge on any atom is -0.468 e. The monoisotopic (exact) mass is 271 g/mol. The maximum absolute atomic E-state index is 11.7. The van der Waals surface area contributed by atoms with E-state index in [4.69, 9.17) is 0 Å². The molecule has 0 aliphatic rings. The standard InChI is InChI=1S/C12H17NO4S/c1-13(18(15,16)10-12(14)17-2)9-8-11-6-4-3-5-7-11/h3-7H,8-10H2,1-2H3. The molecule has 0 N–H and O–H groups in total. The molecule has 0 saturated carbocycles. The summed E-state index contributed by atoms with van der Waals surface area (Å²) in [5.41, 5.74) is 1.05. The van der Waals surface area contributed by atoms with Crippen molar-refractivity contribution in [1.29, 1.82) is 0 Å². The van der Waals surface area contributed by atoms with E-state index in [9.17, 15) is 13.2 Å². The van der Waals surface area contributed by atoms with Gasteiger partial charge < -0.3 is 4.74 Å². The van der Waals surface area contributed by atoms with Gasteiger partial charge in [-0.1, -0.05) is 30.3 Å². The molecule has 1 aromatic rings. The molecule has 6 heteroatoms. The summed E-state index contributed by atoms with van der Waals surface area (Å²) < 4.78 is 29.0. The average molecular weight is 271 g/mol. The summed E-state index contributed by atoms with van der Waals surface area (Å²) in [5.74, 6) is -1.36. The molecule has 1 rings (SSSR count). The van der Waals surface area contributed by atoms with Gasteiger partial charge >= 0.3 is 5.97 Å². The fourth-order valence-electron chi connectivity index (χ4n) is 1.39. The van der Waals surface area contributed by atoms with Gasteiger partial charge in [-0.15, -0.1) is 0 Å². The van der Waals surface area contributed by atoms with Crippen LogP contribution in [-0.4, -0.2) is 45.1 Å². The molecule has 0 aromatic heterocycles. The molecular weight excluding hydrogens is 254 g/mol. The normalized spacial score (nSPS) is 11.5. The summed E-state index contributed by atoms with van der Waals surface area (Å²) in [6, 6.07) is 9.57. The Bertz CT molecular complexity index is 484. The summed E-state index contributed by atoms with van der Waals surface area (Å²) >= 11 is 0. The molecule has 0 radical (unpaired) electrons. The van der Waals surface area contributed by atoms with E-state index in [1.54, 1.807) is 0 Å². The van der Waals surface area contributed by atoms with Crippen molar-refractivity contribution in [1.82, 2.24) is 4.31 Å². The van der Waals surface area contributed by atoms with Gasteiger partial charge in [0.2, 0.25) is 10.0 Å². The van der Waals surface area contributed by atoms with Crippen molar-refractivity contribution < 1.29 is 17.9 Å². The van der Waals surface area contributed by atoms with Gasteiger partial charge in [0.05, 0.1) is 7.11 Å². The van der Waals surface area contributed by atoms with Crippen molar-refractivity contribution in [3.05, 3.63) is 35.9 Å². The van der Waals surface area contributed by atoms with Gasteiger partial charge in [0, 0.05) is 13.6 Å². The highest BCUT2D eigenvalue weighted by atomic mass is 32.2. The van der Waals surface area contributed by atoms with Crippen LogP contribution in [0.2, 0.25) is 0 Å². The van der Waals surface area contributed by atoms with Crippen molar-refractivity contribution >= 4 is 16.0 Å². The smallest absolute Gasteiger partial charge is 0.322 e. The molecule has 0 amide bonds. The Morgan fingerprint density at radius 3 is 2.44 bits per heavy atom. The number of carbonyl (C=O) groups excluding carboxylic acids is 1. The summed E-state index contributed by atoms with van der Waals surface area (Å²) in [7, 11) is -0.955. The first-order valence-corrected chi connectivity index (χ1v) is 7.11.